The second-order valence-corrected chi connectivity index (χ2v) is 5.46. The third-order valence-corrected chi connectivity index (χ3v) is 3.65. The second-order valence-electron chi connectivity index (χ2n) is 5.46. The Labute approximate surface area is 124 Å². The molecule has 0 spiro atoms. The zero-order chi connectivity index (χ0) is 15.9. The molecule has 1 aromatic rings. The molecule has 0 saturated carbocycles. The van der Waals surface area contributed by atoms with Crippen molar-refractivity contribution in [2.45, 2.75) is 63.8 Å². The van der Waals surface area contributed by atoms with Crippen LogP contribution in [0, 0.1) is 11.6 Å². The first kappa shape index (κ1) is 18.0. The van der Waals surface area contributed by atoms with Crippen LogP contribution in [0.3, 0.4) is 0 Å². The molecular formula is C16H24F2O3. The lowest BCUT2D eigenvalue weighted by molar-refractivity contribution is -0.326. The maximum absolute atomic E-state index is 13.7. The quantitative estimate of drug-likeness (QED) is 0.484. The molecule has 3 nitrogen and oxygen atoms in total. The topological polar surface area (TPSA) is 60.7 Å². The molecule has 0 aromatic heterocycles. The normalized spacial score (nSPS) is 13.4. The lowest BCUT2D eigenvalue weighted by Gasteiger charge is -2.26. The van der Waals surface area contributed by atoms with Crippen molar-refractivity contribution in [3.63, 3.8) is 0 Å². The van der Waals surface area contributed by atoms with Gasteiger partial charge in [0.2, 0.25) is 0 Å². The number of unbranched alkanes of at least 4 members (excludes halogenated alkanes) is 5. The minimum atomic E-state index is -3.01. The van der Waals surface area contributed by atoms with Gasteiger partial charge in [0.05, 0.1) is 5.92 Å². The molecule has 0 amide bonds. The summed E-state index contributed by atoms with van der Waals surface area (Å²) in [5.74, 6) is -5.83. The maximum Gasteiger partial charge on any atom is 0.282 e. The zero-order valence-corrected chi connectivity index (χ0v) is 12.4. The average molecular weight is 302 g/mol. The average Bonchev–Trinajstić information content (AvgIpc) is 2.38. The Morgan fingerprint density at radius 3 is 2.19 bits per heavy atom. The number of hydrogen-bond donors (Lipinski definition) is 3. The first-order valence-corrected chi connectivity index (χ1v) is 7.48. The summed E-state index contributed by atoms with van der Waals surface area (Å²) < 4.78 is 26.6. The number of aliphatic hydroxyl groups is 3. The van der Waals surface area contributed by atoms with E-state index >= 15 is 0 Å². The summed E-state index contributed by atoms with van der Waals surface area (Å²) in [4.78, 5) is 0. The van der Waals surface area contributed by atoms with Crippen molar-refractivity contribution in [3.05, 3.63) is 35.4 Å². The number of hydrogen-bond acceptors (Lipinski definition) is 3. The molecule has 0 heterocycles. The van der Waals surface area contributed by atoms with Crippen LogP contribution >= 0.6 is 0 Å². The summed E-state index contributed by atoms with van der Waals surface area (Å²) in [6.07, 6.45) is 6.13. The molecule has 0 aliphatic rings. The molecule has 120 valence electrons. The smallest absolute Gasteiger partial charge is 0.282 e. The van der Waals surface area contributed by atoms with E-state index in [-0.39, 0.29) is 12.0 Å². The molecule has 1 aromatic carbocycles. The van der Waals surface area contributed by atoms with Crippen molar-refractivity contribution < 1.29 is 24.1 Å². The first-order valence-electron chi connectivity index (χ1n) is 7.48. The summed E-state index contributed by atoms with van der Waals surface area (Å²) in [5, 5.41) is 28.2. The van der Waals surface area contributed by atoms with Crippen LogP contribution in [-0.4, -0.2) is 21.3 Å². The van der Waals surface area contributed by atoms with Gasteiger partial charge >= 0.3 is 0 Å². The van der Waals surface area contributed by atoms with Gasteiger partial charge in [-0.1, -0.05) is 51.5 Å². The fourth-order valence-electron chi connectivity index (χ4n) is 2.47. The van der Waals surface area contributed by atoms with Crippen molar-refractivity contribution in [3.8, 4) is 0 Å². The minimum Gasteiger partial charge on any atom is -0.343 e. The van der Waals surface area contributed by atoms with E-state index in [2.05, 4.69) is 6.92 Å². The van der Waals surface area contributed by atoms with Gasteiger partial charge in [0.1, 0.15) is 11.6 Å². The molecule has 1 rings (SSSR count). The largest absolute Gasteiger partial charge is 0.343 e. The van der Waals surface area contributed by atoms with Crippen LogP contribution in [0.4, 0.5) is 8.78 Å². The molecule has 0 saturated heterocycles. The van der Waals surface area contributed by atoms with Gasteiger partial charge in [-0.2, -0.15) is 0 Å². The highest BCUT2D eigenvalue weighted by atomic mass is 19.1. The predicted octanol–water partition coefficient (Wildman–Crippen LogP) is 3.43. The van der Waals surface area contributed by atoms with Crippen LogP contribution in [0.5, 0.6) is 0 Å². The van der Waals surface area contributed by atoms with Gasteiger partial charge in [0, 0.05) is 6.07 Å². The van der Waals surface area contributed by atoms with E-state index in [0.717, 1.165) is 44.2 Å². The van der Waals surface area contributed by atoms with E-state index in [1.54, 1.807) is 0 Å². The lowest BCUT2D eigenvalue weighted by atomic mass is 9.90. The van der Waals surface area contributed by atoms with Crippen molar-refractivity contribution in [2.24, 2.45) is 0 Å². The molecule has 5 heteroatoms. The molecule has 0 aliphatic carbocycles. The van der Waals surface area contributed by atoms with E-state index in [4.69, 9.17) is 0 Å². The Morgan fingerprint density at radius 1 is 1.00 bits per heavy atom. The fraction of sp³-hybridized carbons (Fsp3) is 0.625. The molecule has 3 N–H and O–H groups in total. The van der Waals surface area contributed by atoms with Crippen LogP contribution in [0.15, 0.2) is 18.2 Å². The first-order chi connectivity index (χ1) is 9.86. The maximum atomic E-state index is 13.7. The van der Waals surface area contributed by atoms with Gasteiger partial charge < -0.3 is 15.3 Å². The predicted molar refractivity (Wildman–Crippen MR) is 76.5 cm³/mol. The Hall–Kier alpha value is -1.04. The molecule has 1 unspecified atom stereocenters. The number of benzene rings is 1. The van der Waals surface area contributed by atoms with Gasteiger partial charge in [0.25, 0.3) is 5.97 Å². The SMILES string of the molecule is CCCCCCCCC(c1ccc(F)cc1F)C(O)(O)O. The third-order valence-electron chi connectivity index (χ3n) is 3.65. The minimum absolute atomic E-state index is 0.0857. The van der Waals surface area contributed by atoms with E-state index in [9.17, 15) is 24.1 Å². The highest BCUT2D eigenvalue weighted by molar-refractivity contribution is 5.23. The highest BCUT2D eigenvalue weighted by Crippen LogP contribution is 2.32. The molecule has 0 fully saturated rings. The van der Waals surface area contributed by atoms with Crippen LogP contribution in [-0.2, 0) is 0 Å². The van der Waals surface area contributed by atoms with Gasteiger partial charge in [-0.3, -0.25) is 0 Å². The molecule has 0 radical (unpaired) electrons. The van der Waals surface area contributed by atoms with Gasteiger partial charge in [0.15, 0.2) is 0 Å². The second kappa shape index (κ2) is 8.41. The van der Waals surface area contributed by atoms with Crippen molar-refractivity contribution >= 4 is 0 Å². The van der Waals surface area contributed by atoms with Gasteiger partial charge in [-0.15, -0.1) is 0 Å². The van der Waals surface area contributed by atoms with Gasteiger partial charge in [-0.25, -0.2) is 8.78 Å². The zero-order valence-electron chi connectivity index (χ0n) is 12.4. The lowest BCUT2D eigenvalue weighted by Crippen LogP contribution is -2.36. The highest BCUT2D eigenvalue weighted by Gasteiger charge is 2.34. The summed E-state index contributed by atoms with van der Waals surface area (Å²) in [5.41, 5.74) is -0.0857. The van der Waals surface area contributed by atoms with Crippen molar-refractivity contribution in [1.82, 2.24) is 0 Å². The Bertz CT molecular complexity index is 430. The molecule has 1 atom stereocenters. The van der Waals surface area contributed by atoms with Gasteiger partial charge in [-0.05, 0) is 18.1 Å². The van der Waals surface area contributed by atoms with E-state index in [1.165, 1.54) is 0 Å². The summed E-state index contributed by atoms with van der Waals surface area (Å²) >= 11 is 0. The number of rotatable bonds is 9. The molecule has 21 heavy (non-hydrogen) atoms. The Morgan fingerprint density at radius 2 is 1.62 bits per heavy atom. The summed E-state index contributed by atoms with van der Waals surface area (Å²) in [6, 6.07) is 2.86. The van der Waals surface area contributed by atoms with Crippen molar-refractivity contribution in [1.29, 1.82) is 0 Å². The molecular weight excluding hydrogens is 278 g/mol. The fourth-order valence-corrected chi connectivity index (χ4v) is 2.47. The standard InChI is InChI=1S/C16H24F2O3/c1-2-3-4-5-6-7-8-14(16(19,20)21)13-10-9-12(17)11-15(13)18/h9-11,14,19-21H,2-8H2,1H3. The Kier molecular flexibility index (Phi) is 7.22. The summed E-state index contributed by atoms with van der Waals surface area (Å²) in [6.45, 7) is 2.12. The van der Waals surface area contributed by atoms with E-state index in [1.807, 2.05) is 0 Å². The molecule has 0 aliphatic heterocycles. The van der Waals surface area contributed by atoms with Crippen LogP contribution in [0.2, 0.25) is 0 Å². The molecule has 0 bridgehead atoms. The van der Waals surface area contributed by atoms with E-state index < -0.39 is 23.5 Å². The van der Waals surface area contributed by atoms with Crippen LogP contribution in [0.1, 0.15) is 63.4 Å². The van der Waals surface area contributed by atoms with Crippen LogP contribution in [0.25, 0.3) is 0 Å². The van der Waals surface area contributed by atoms with Crippen molar-refractivity contribution in [2.75, 3.05) is 0 Å². The Balaban J connectivity index is 2.65. The van der Waals surface area contributed by atoms with Crippen LogP contribution < -0.4 is 0 Å². The number of halogens is 2. The third kappa shape index (κ3) is 6.08. The monoisotopic (exact) mass is 302 g/mol. The summed E-state index contributed by atoms with van der Waals surface area (Å²) in [7, 11) is 0. The van der Waals surface area contributed by atoms with E-state index in [0.29, 0.717) is 12.5 Å².